The monoisotopic (exact) mass is 363 g/mol. The molecule has 0 aliphatic heterocycles. The average Bonchev–Trinajstić information content (AvgIpc) is 2.50. The van der Waals surface area contributed by atoms with Crippen molar-refractivity contribution >= 4 is 33.6 Å². The van der Waals surface area contributed by atoms with Crippen molar-refractivity contribution in [3.05, 3.63) is 52.6 Å². The first-order valence-corrected chi connectivity index (χ1v) is 7.33. The van der Waals surface area contributed by atoms with Crippen LogP contribution in [0.4, 0.5) is 5.82 Å². The minimum absolute atomic E-state index is 0.0816. The Kier molecular flexibility index (Phi) is 5.48. The standard InChI is InChI=1S/C15H14BrN3O3/c16-11-5-3-10(4-6-11)15(22)18-9-7-13(21)19-14-12(20)2-1-8-17-14/h1-6,8,20H,7,9H2,(H,18,22)(H,17,19,21). The molecule has 0 radical (unpaired) electrons. The number of pyridine rings is 1. The van der Waals surface area contributed by atoms with Gasteiger partial charge in [0.05, 0.1) is 0 Å². The summed E-state index contributed by atoms with van der Waals surface area (Å²) in [5.74, 6) is -0.590. The fraction of sp³-hybridized carbons (Fsp3) is 0.133. The van der Waals surface area contributed by atoms with Gasteiger partial charge in [0, 0.05) is 29.2 Å². The number of halogens is 1. The molecule has 0 unspecified atom stereocenters. The Morgan fingerprint density at radius 3 is 2.59 bits per heavy atom. The van der Waals surface area contributed by atoms with E-state index in [1.54, 1.807) is 30.3 Å². The summed E-state index contributed by atoms with van der Waals surface area (Å²) in [5, 5.41) is 14.6. The zero-order valence-corrected chi connectivity index (χ0v) is 13.1. The molecule has 1 heterocycles. The number of anilines is 1. The lowest BCUT2D eigenvalue weighted by molar-refractivity contribution is -0.116. The highest BCUT2D eigenvalue weighted by atomic mass is 79.9. The Hall–Kier alpha value is -2.41. The van der Waals surface area contributed by atoms with Gasteiger partial charge in [0.25, 0.3) is 5.91 Å². The molecule has 0 aliphatic rings. The molecule has 3 N–H and O–H groups in total. The molecular weight excluding hydrogens is 350 g/mol. The van der Waals surface area contributed by atoms with E-state index in [4.69, 9.17) is 0 Å². The first-order chi connectivity index (χ1) is 10.6. The largest absolute Gasteiger partial charge is 0.504 e. The minimum atomic E-state index is -0.342. The third-order valence-electron chi connectivity index (χ3n) is 2.79. The maximum Gasteiger partial charge on any atom is 0.251 e. The van der Waals surface area contributed by atoms with Gasteiger partial charge in [-0.05, 0) is 36.4 Å². The lowest BCUT2D eigenvalue weighted by Gasteiger charge is -2.07. The van der Waals surface area contributed by atoms with Crippen molar-refractivity contribution in [2.24, 2.45) is 0 Å². The predicted octanol–water partition coefficient (Wildman–Crippen LogP) is 2.31. The van der Waals surface area contributed by atoms with Crippen LogP contribution < -0.4 is 10.6 Å². The second-order valence-electron chi connectivity index (χ2n) is 4.43. The van der Waals surface area contributed by atoms with Crippen molar-refractivity contribution in [3.8, 4) is 5.75 Å². The van der Waals surface area contributed by atoms with Crippen LogP contribution in [0.15, 0.2) is 47.1 Å². The van der Waals surface area contributed by atoms with Crippen LogP contribution in [0, 0.1) is 0 Å². The number of nitrogens with one attached hydrogen (secondary N) is 2. The molecule has 0 bridgehead atoms. The van der Waals surface area contributed by atoms with E-state index in [0.717, 1.165) is 4.47 Å². The van der Waals surface area contributed by atoms with Crippen molar-refractivity contribution in [3.63, 3.8) is 0 Å². The van der Waals surface area contributed by atoms with E-state index in [9.17, 15) is 14.7 Å². The molecule has 0 saturated carbocycles. The van der Waals surface area contributed by atoms with Gasteiger partial charge in [0.15, 0.2) is 11.6 Å². The number of aromatic hydroxyl groups is 1. The molecule has 0 fully saturated rings. The van der Waals surface area contributed by atoms with E-state index in [1.165, 1.54) is 12.3 Å². The number of carbonyl (C=O) groups excluding carboxylic acids is 2. The molecule has 0 spiro atoms. The summed E-state index contributed by atoms with van der Waals surface area (Å²) < 4.78 is 0.888. The van der Waals surface area contributed by atoms with Crippen molar-refractivity contribution in [2.75, 3.05) is 11.9 Å². The normalized spacial score (nSPS) is 10.0. The molecule has 0 aliphatic carbocycles. The molecule has 6 nitrogen and oxygen atoms in total. The summed E-state index contributed by atoms with van der Waals surface area (Å²) in [6.45, 7) is 0.189. The van der Waals surface area contributed by atoms with E-state index in [1.807, 2.05) is 0 Å². The number of amides is 2. The third-order valence-corrected chi connectivity index (χ3v) is 3.32. The van der Waals surface area contributed by atoms with Gasteiger partial charge < -0.3 is 15.7 Å². The second-order valence-corrected chi connectivity index (χ2v) is 5.35. The number of hydrogen-bond donors (Lipinski definition) is 3. The van der Waals surface area contributed by atoms with Crippen LogP contribution in [0.3, 0.4) is 0 Å². The molecular formula is C15H14BrN3O3. The molecule has 2 aromatic rings. The van der Waals surface area contributed by atoms with Crippen LogP contribution in [0.1, 0.15) is 16.8 Å². The number of carbonyl (C=O) groups is 2. The van der Waals surface area contributed by atoms with Gasteiger partial charge in [-0.2, -0.15) is 0 Å². The summed E-state index contributed by atoms with van der Waals surface area (Å²) in [6.07, 6.45) is 1.54. The van der Waals surface area contributed by atoms with Gasteiger partial charge in [-0.15, -0.1) is 0 Å². The molecule has 114 valence electrons. The number of hydrogen-bond acceptors (Lipinski definition) is 4. The summed E-state index contributed by atoms with van der Waals surface area (Å²) in [5.41, 5.74) is 0.519. The fourth-order valence-electron chi connectivity index (χ4n) is 1.68. The third kappa shape index (κ3) is 4.56. The minimum Gasteiger partial charge on any atom is -0.504 e. The molecule has 2 rings (SSSR count). The van der Waals surface area contributed by atoms with Crippen molar-refractivity contribution in [1.82, 2.24) is 10.3 Å². The Balaban J connectivity index is 1.78. The number of rotatable bonds is 5. The topological polar surface area (TPSA) is 91.3 Å². The first kappa shape index (κ1) is 16.0. The van der Waals surface area contributed by atoms with E-state index in [0.29, 0.717) is 5.56 Å². The van der Waals surface area contributed by atoms with Gasteiger partial charge in [-0.1, -0.05) is 15.9 Å². The molecule has 0 saturated heterocycles. The SMILES string of the molecule is O=C(CCNC(=O)c1ccc(Br)cc1)Nc1ncccc1O. The summed E-state index contributed by atoms with van der Waals surface area (Å²) in [6, 6.07) is 9.90. The highest BCUT2D eigenvalue weighted by Gasteiger charge is 2.09. The number of nitrogens with zero attached hydrogens (tertiary/aromatic N) is 1. The smallest absolute Gasteiger partial charge is 0.251 e. The zero-order valence-electron chi connectivity index (χ0n) is 11.5. The number of benzene rings is 1. The van der Waals surface area contributed by atoms with Gasteiger partial charge in [0.1, 0.15) is 0 Å². The maximum absolute atomic E-state index is 11.8. The van der Waals surface area contributed by atoms with Gasteiger partial charge in [-0.25, -0.2) is 4.98 Å². The first-order valence-electron chi connectivity index (χ1n) is 6.54. The fourth-order valence-corrected chi connectivity index (χ4v) is 1.94. The molecule has 2 amide bonds. The maximum atomic E-state index is 11.8. The Labute approximate surface area is 135 Å². The van der Waals surface area contributed by atoms with Crippen LogP contribution >= 0.6 is 15.9 Å². The van der Waals surface area contributed by atoms with E-state index >= 15 is 0 Å². The second kappa shape index (κ2) is 7.56. The zero-order chi connectivity index (χ0) is 15.9. The quantitative estimate of drug-likeness (QED) is 0.759. The molecule has 7 heteroatoms. The van der Waals surface area contributed by atoms with Crippen LogP contribution in [0.5, 0.6) is 5.75 Å². The van der Waals surface area contributed by atoms with Crippen molar-refractivity contribution in [2.45, 2.75) is 6.42 Å². The summed E-state index contributed by atoms with van der Waals surface area (Å²) in [7, 11) is 0. The predicted molar refractivity (Wildman–Crippen MR) is 85.6 cm³/mol. The lowest BCUT2D eigenvalue weighted by atomic mass is 10.2. The highest BCUT2D eigenvalue weighted by Crippen LogP contribution is 2.18. The highest BCUT2D eigenvalue weighted by molar-refractivity contribution is 9.10. The van der Waals surface area contributed by atoms with Crippen LogP contribution in [-0.2, 0) is 4.79 Å². The molecule has 22 heavy (non-hydrogen) atoms. The number of aromatic nitrogens is 1. The van der Waals surface area contributed by atoms with E-state index < -0.39 is 0 Å². The molecule has 1 aromatic heterocycles. The van der Waals surface area contributed by atoms with Gasteiger partial charge in [0.2, 0.25) is 5.91 Å². The molecule has 0 atom stereocenters. The van der Waals surface area contributed by atoms with Crippen molar-refractivity contribution < 1.29 is 14.7 Å². The summed E-state index contributed by atoms with van der Waals surface area (Å²) >= 11 is 3.29. The Bertz CT molecular complexity index is 674. The van der Waals surface area contributed by atoms with Crippen LogP contribution in [0.2, 0.25) is 0 Å². The van der Waals surface area contributed by atoms with E-state index in [-0.39, 0.29) is 36.3 Å². The van der Waals surface area contributed by atoms with Crippen LogP contribution in [-0.4, -0.2) is 28.4 Å². The Morgan fingerprint density at radius 2 is 1.91 bits per heavy atom. The van der Waals surface area contributed by atoms with Gasteiger partial charge >= 0.3 is 0 Å². The lowest BCUT2D eigenvalue weighted by Crippen LogP contribution is -2.27. The van der Waals surface area contributed by atoms with Crippen LogP contribution in [0.25, 0.3) is 0 Å². The Morgan fingerprint density at radius 1 is 1.18 bits per heavy atom. The summed E-state index contributed by atoms with van der Waals surface area (Å²) in [4.78, 5) is 27.4. The average molecular weight is 364 g/mol. The van der Waals surface area contributed by atoms with Crippen molar-refractivity contribution in [1.29, 1.82) is 0 Å². The van der Waals surface area contributed by atoms with Gasteiger partial charge in [-0.3, -0.25) is 9.59 Å². The van der Waals surface area contributed by atoms with E-state index in [2.05, 4.69) is 31.5 Å². The molecule has 1 aromatic carbocycles.